The summed E-state index contributed by atoms with van der Waals surface area (Å²) in [5, 5.41) is 5.42. The number of hydrogen-bond acceptors (Lipinski definition) is 6. The third-order valence-corrected chi connectivity index (χ3v) is 3.57. The molecule has 0 aromatic carbocycles. The molecule has 2 rings (SSSR count). The van der Waals surface area contributed by atoms with Gasteiger partial charge in [-0.15, -0.1) is 0 Å². The third-order valence-electron chi connectivity index (χ3n) is 3.27. The number of nitrogens with one attached hydrogen (secondary N) is 1. The molecule has 2 heterocycles. The van der Waals surface area contributed by atoms with Crippen LogP contribution in [0.3, 0.4) is 0 Å². The molecule has 2 amide bonds. The van der Waals surface area contributed by atoms with Crippen molar-refractivity contribution in [1.29, 1.82) is 0 Å². The van der Waals surface area contributed by atoms with Gasteiger partial charge in [-0.1, -0.05) is 11.6 Å². The lowest BCUT2D eigenvalue weighted by molar-refractivity contribution is -0.166. The molecular formula is C16H24ClN3O5. The maximum Gasteiger partial charge on any atom is 0.408 e. The van der Waals surface area contributed by atoms with E-state index in [2.05, 4.69) is 5.32 Å². The minimum Gasteiger partial charge on any atom is -0.458 e. The minimum absolute atomic E-state index is 0.160. The van der Waals surface area contributed by atoms with Gasteiger partial charge in [-0.25, -0.2) is 14.6 Å². The van der Waals surface area contributed by atoms with Crippen LogP contribution in [0, 0.1) is 0 Å². The average Bonchev–Trinajstić information content (AvgIpc) is 2.82. The smallest absolute Gasteiger partial charge is 0.408 e. The second kappa shape index (κ2) is 6.40. The fraction of sp³-hybridized carbons (Fsp3) is 0.688. The van der Waals surface area contributed by atoms with Crippen molar-refractivity contribution in [3.63, 3.8) is 0 Å². The maximum atomic E-state index is 12.6. The fourth-order valence-electron chi connectivity index (χ4n) is 2.49. The fourth-order valence-corrected chi connectivity index (χ4v) is 2.78. The lowest BCUT2D eigenvalue weighted by atomic mass is 10.2. The molecule has 2 aliphatic rings. The molecule has 0 radical (unpaired) electrons. The summed E-state index contributed by atoms with van der Waals surface area (Å²) < 4.78 is 10.5. The standard InChI is InChI=1S/C16H24ClN3O5/c1-15(2,3)24-13(22)11-9(17)7-19-8-10(12(21)20(11)19)18-14(23)25-16(4,5)6/h7,10-11H,8H2,1-6H3,(H,18,23)/t10-,11?/m0/s1. The lowest BCUT2D eigenvalue weighted by Crippen LogP contribution is -2.49. The van der Waals surface area contributed by atoms with Crippen molar-refractivity contribution in [3.05, 3.63) is 11.2 Å². The Morgan fingerprint density at radius 2 is 1.72 bits per heavy atom. The van der Waals surface area contributed by atoms with Gasteiger partial charge in [0.05, 0.1) is 11.6 Å². The average molecular weight is 374 g/mol. The molecule has 0 aliphatic carbocycles. The van der Waals surface area contributed by atoms with Crippen LogP contribution in [-0.4, -0.2) is 57.8 Å². The van der Waals surface area contributed by atoms with Crippen LogP contribution in [0.4, 0.5) is 4.79 Å². The van der Waals surface area contributed by atoms with E-state index in [0.29, 0.717) is 0 Å². The second-order valence-corrected chi connectivity index (χ2v) is 8.39. The second-order valence-electron chi connectivity index (χ2n) is 7.95. The molecule has 9 heteroatoms. The Morgan fingerprint density at radius 3 is 2.24 bits per heavy atom. The van der Waals surface area contributed by atoms with Crippen LogP contribution in [0.25, 0.3) is 0 Å². The van der Waals surface area contributed by atoms with E-state index in [1.807, 2.05) is 0 Å². The number of halogens is 1. The summed E-state index contributed by atoms with van der Waals surface area (Å²) in [6, 6.07) is -1.88. The summed E-state index contributed by atoms with van der Waals surface area (Å²) in [5.74, 6) is -1.07. The van der Waals surface area contributed by atoms with Crippen LogP contribution in [0.5, 0.6) is 0 Å². The van der Waals surface area contributed by atoms with Gasteiger partial charge in [-0.05, 0) is 41.5 Å². The van der Waals surface area contributed by atoms with Gasteiger partial charge in [0.15, 0.2) is 6.04 Å². The first kappa shape index (κ1) is 19.4. The topological polar surface area (TPSA) is 88.2 Å². The highest BCUT2D eigenvalue weighted by atomic mass is 35.5. The summed E-state index contributed by atoms with van der Waals surface area (Å²) in [5.41, 5.74) is -1.39. The van der Waals surface area contributed by atoms with E-state index >= 15 is 0 Å². The van der Waals surface area contributed by atoms with Crippen molar-refractivity contribution in [3.8, 4) is 0 Å². The Kier molecular flexibility index (Phi) is 4.96. The van der Waals surface area contributed by atoms with Crippen LogP contribution in [-0.2, 0) is 19.1 Å². The zero-order chi connectivity index (χ0) is 19.2. The predicted octanol–water partition coefficient (Wildman–Crippen LogP) is 1.74. The van der Waals surface area contributed by atoms with E-state index < -0.39 is 41.3 Å². The summed E-state index contributed by atoms with van der Waals surface area (Å²) in [4.78, 5) is 36.9. The van der Waals surface area contributed by atoms with Crippen molar-refractivity contribution < 1.29 is 23.9 Å². The molecule has 0 aromatic rings. The Hall–Kier alpha value is -1.96. The third kappa shape index (κ3) is 4.56. The molecule has 8 nitrogen and oxygen atoms in total. The van der Waals surface area contributed by atoms with E-state index in [-0.39, 0.29) is 11.6 Å². The Morgan fingerprint density at radius 1 is 1.16 bits per heavy atom. The molecule has 1 saturated heterocycles. The van der Waals surface area contributed by atoms with Gasteiger partial charge < -0.3 is 14.8 Å². The van der Waals surface area contributed by atoms with Gasteiger partial charge in [0.1, 0.15) is 17.2 Å². The van der Waals surface area contributed by atoms with Crippen molar-refractivity contribution in [2.45, 2.75) is 64.8 Å². The summed E-state index contributed by atoms with van der Waals surface area (Å²) in [6.45, 7) is 10.5. The number of nitrogens with zero attached hydrogens (tertiary/aromatic N) is 2. The van der Waals surface area contributed by atoms with E-state index in [1.165, 1.54) is 16.2 Å². The molecule has 0 aromatic heterocycles. The van der Waals surface area contributed by atoms with Crippen molar-refractivity contribution in [2.24, 2.45) is 0 Å². The van der Waals surface area contributed by atoms with Gasteiger partial charge in [-0.3, -0.25) is 9.80 Å². The molecule has 1 N–H and O–H groups in total. The monoisotopic (exact) mass is 373 g/mol. The zero-order valence-electron chi connectivity index (χ0n) is 15.3. The number of hydrazine groups is 1. The Bertz CT molecular complexity index is 620. The van der Waals surface area contributed by atoms with E-state index in [1.54, 1.807) is 41.5 Å². The van der Waals surface area contributed by atoms with Crippen LogP contribution >= 0.6 is 11.6 Å². The number of ether oxygens (including phenoxy) is 2. The molecule has 1 fully saturated rings. The maximum absolute atomic E-state index is 12.6. The van der Waals surface area contributed by atoms with Gasteiger partial charge in [0.25, 0.3) is 5.91 Å². The molecule has 0 bridgehead atoms. The van der Waals surface area contributed by atoms with Crippen LogP contribution in [0.1, 0.15) is 41.5 Å². The van der Waals surface area contributed by atoms with Gasteiger partial charge in [-0.2, -0.15) is 0 Å². The van der Waals surface area contributed by atoms with Crippen molar-refractivity contribution in [2.75, 3.05) is 6.54 Å². The number of carbonyl (C=O) groups excluding carboxylic acids is 3. The normalized spacial score (nSPS) is 23.3. The molecule has 0 spiro atoms. The van der Waals surface area contributed by atoms with Gasteiger partial charge in [0, 0.05) is 6.20 Å². The number of rotatable bonds is 2. The Labute approximate surface area is 152 Å². The number of fused-ring (bicyclic) bond motifs is 1. The molecule has 2 aliphatic heterocycles. The van der Waals surface area contributed by atoms with E-state index in [0.717, 1.165) is 0 Å². The number of alkyl carbamates (subject to hydrolysis) is 1. The van der Waals surface area contributed by atoms with E-state index in [4.69, 9.17) is 21.1 Å². The molecule has 2 atom stereocenters. The first-order valence-corrected chi connectivity index (χ1v) is 8.35. The SMILES string of the molecule is CC(C)(C)OC(=O)N[C@H]1CN2C=C(Cl)C(C(=O)OC(C)(C)C)N2C1=O. The summed E-state index contributed by atoms with van der Waals surface area (Å²) in [6.07, 6.45) is 0.794. The largest absolute Gasteiger partial charge is 0.458 e. The summed E-state index contributed by atoms with van der Waals surface area (Å²) >= 11 is 6.12. The zero-order valence-corrected chi connectivity index (χ0v) is 16.0. The van der Waals surface area contributed by atoms with Crippen molar-refractivity contribution in [1.82, 2.24) is 15.3 Å². The van der Waals surface area contributed by atoms with Gasteiger partial charge in [0.2, 0.25) is 0 Å². The molecule has 25 heavy (non-hydrogen) atoms. The first-order chi connectivity index (χ1) is 11.3. The number of carbonyl (C=O) groups is 3. The summed E-state index contributed by atoms with van der Waals surface area (Å²) in [7, 11) is 0. The Balaban J connectivity index is 2.09. The molecule has 0 saturated carbocycles. The minimum atomic E-state index is -1.04. The number of esters is 1. The van der Waals surface area contributed by atoms with Gasteiger partial charge >= 0.3 is 12.1 Å². The van der Waals surface area contributed by atoms with E-state index in [9.17, 15) is 14.4 Å². The highest BCUT2D eigenvalue weighted by Crippen LogP contribution is 2.32. The molecule has 1 unspecified atom stereocenters. The van der Waals surface area contributed by atoms with Crippen LogP contribution in [0.15, 0.2) is 11.2 Å². The molecule has 140 valence electrons. The molecular weight excluding hydrogens is 350 g/mol. The highest BCUT2D eigenvalue weighted by molar-refractivity contribution is 6.32. The quantitative estimate of drug-likeness (QED) is 0.742. The van der Waals surface area contributed by atoms with Crippen LogP contribution < -0.4 is 5.32 Å². The predicted molar refractivity (Wildman–Crippen MR) is 90.3 cm³/mol. The number of hydrogen-bond donors (Lipinski definition) is 1. The highest BCUT2D eigenvalue weighted by Gasteiger charge is 2.50. The van der Waals surface area contributed by atoms with Crippen molar-refractivity contribution >= 4 is 29.6 Å². The number of amides is 2. The first-order valence-electron chi connectivity index (χ1n) is 7.98. The van der Waals surface area contributed by atoms with Crippen LogP contribution in [0.2, 0.25) is 0 Å². The lowest BCUT2D eigenvalue weighted by Gasteiger charge is -2.28.